The van der Waals surface area contributed by atoms with Crippen molar-refractivity contribution in [3.63, 3.8) is 0 Å². The number of nitrogens with one attached hydrogen (secondary N) is 1. The molecule has 10 nitrogen and oxygen atoms in total. The molecule has 32 heavy (non-hydrogen) atoms. The second kappa shape index (κ2) is 9.84. The van der Waals surface area contributed by atoms with Gasteiger partial charge in [-0.25, -0.2) is 0 Å². The second-order valence-corrected chi connectivity index (χ2v) is 7.64. The lowest BCUT2D eigenvalue weighted by Crippen LogP contribution is -2.28. The number of nitrogens with zero attached hydrogens (tertiary/aromatic N) is 2. The van der Waals surface area contributed by atoms with Gasteiger partial charge in [-0.15, -0.1) is 0 Å². The fourth-order valence-corrected chi connectivity index (χ4v) is 3.59. The number of ether oxygens (including phenoxy) is 2. The van der Waals surface area contributed by atoms with Gasteiger partial charge in [0.2, 0.25) is 5.91 Å². The summed E-state index contributed by atoms with van der Waals surface area (Å²) in [6.45, 7) is -0.584. The number of hydrogen-bond acceptors (Lipinski definition) is 7. The van der Waals surface area contributed by atoms with Crippen molar-refractivity contribution in [3.05, 3.63) is 56.6 Å². The Morgan fingerprint density at radius 1 is 1.25 bits per heavy atom. The van der Waals surface area contributed by atoms with Crippen LogP contribution in [0.2, 0.25) is 10.0 Å². The van der Waals surface area contributed by atoms with E-state index in [1.807, 2.05) is 0 Å². The van der Waals surface area contributed by atoms with E-state index in [0.717, 1.165) is 0 Å². The summed E-state index contributed by atoms with van der Waals surface area (Å²) >= 11 is 11.8. The average molecular weight is 482 g/mol. The molecule has 1 aliphatic rings. The summed E-state index contributed by atoms with van der Waals surface area (Å²) in [6, 6.07) is 8.32. The third kappa shape index (κ3) is 5.27. The van der Waals surface area contributed by atoms with Crippen LogP contribution in [0.1, 0.15) is 6.42 Å². The average Bonchev–Trinajstić information content (AvgIpc) is 3.15. The number of amides is 2. The van der Waals surface area contributed by atoms with Gasteiger partial charge in [-0.05, 0) is 24.3 Å². The minimum absolute atomic E-state index is 0.0174. The molecular formula is C20H17Cl2N3O7. The molecule has 2 aromatic rings. The van der Waals surface area contributed by atoms with Crippen LogP contribution in [0.5, 0.6) is 5.75 Å². The van der Waals surface area contributed by atoms with E-state index < -0.39 is 29.3 Å². The molecule has 168 valence electrons. The van der Waals surface area contributed by atoms with Gasteiger partial charge in [0.25, 0.3) is 11.6 Å². The Kier molecular flexibility index (Phi) is 7.16. The smallest absolute Gasteiger partial charge is 0.311 e. The molecule has 1 aliphatic heterocycles. The number of benzene rings is 2. The Labute approximate surface area is 192 Å². The molecule has 1 heterocycles. The number of anilines is 2. The third-order valence-electron chi connectivity index (χ3n) is 4.67. The zero-order valence-electron chi connectivity index (χ0n) is 16.7. The number of rotatable bonds is 7. The number of nitro benzene ring substituents is 1. The van der Waals surface area contributed by atoms with Gasteiger partial charge in [-0.2, -0.15) is 0 Å². The molecule has 0 aromatic heterocycles. The Hall–Kier alpha value is -3.37. The molecule has 1 N–H and O–H groups in total. The first-order valence-corrected chi connectivity index (χ1v) is 9.99. The molecule has 3 rings (SSSR count). The fraction of sp³-hybridized carbons (Fsp3) is 0.250. The molecule has 12 heteroatoms. The molecule has 0 aliphatic carbocycles. The predicted molar refractivity (Wildman–Crippen MR) is 116 cm³/mol. The van der Waals surface area contributed by atoms with E-state index in [0.29, 0.717) is 16.4 Å². The van der Waals surface area contributed by atoms with Crippen LogP contribution in [0.15, 0.2) is 36.4 Å². The first-order chi connectivity index (χ1) is 15.2. The van der Waals surface area contributed by atoms with Gasteiger partial charge in [0.1, 0.15) is 5.75 Å². The molecular weight excluding hydrogens is 465 g/mol. The molecule has 0 saturated carbocycles. The highest BCUT2D eigenvalue weighted by Crippen LogP contribution is 2.36. The molecule has 0 spiro atoms. The Morgan fingerprint density at radius 2 is 2.00 bits per heavy atom. The maximum Gasteiger partial charge on any atom is 0.311 e. The summed E-state index contributed by atoms with van der Waals surface area (Å²) in [7, 11) is 1.32. The van der Waals surface area contributed by atoms with E-state index in [9.17, 15) is 24.5 Å². The highest BCUT2D eigenvalue weighted by atomic mass is 35.5. The number of nitro groups is 1. The van der Waals surface area contributed by atoms with Crippen LogP contribution >= 0.6 is 23.2 Å². The van der Waals surface area contributed by atoms with E-state index in [1.165, 1.54) is 42.3 Å². The Bertz CT molecular complexity index is 1090. The van der Waals surface area contributed by atoms with Crippen LogP contribution in [0, 0.1) is 16.0 Å². The van der Waals surface area contributed by atoms with Crippen molar-refractivity contribution in [2.45, 2.75) is 6.42 Å². The molecule has 1 atom stereocenters. The lowest BCUT2D eigenvalue weighted by atomic mass is 10.1. The van der Waals surface area contributed by atoms with Crippen molar-refractivity contribution in [1.29, 1.82) is 0 Å². The summed E-state index contributed by atoms with van der Waals surface area (Å²) in [5.41, 5.74) is 0.415. The molecule has 0 radical (unpaired) electrons. The van der Waals surface area contributed by atoms with E-state index in [-0.39, 0.29) is 35.3 Å². The van der Waals surface area contributed by atoms with Crippen LogP contribution in [0.25, 0.3) is 0 Å². The highest BCUT2D eigenvalue weighted by Gasteiger charge is 2.37. The Balaban J connectivity index is 1.60. The SMILES string of the molecule is COc1cc([N+](=O)[O-])ccc1N1C[C@@H](C(=O)OCC(=O)Nc2ccc(Cl)cc2Cl)CC1=O. The number of carbonyl (C=O) groups excluding carboxylic acids is 3. The van der Waals surface area contributed by atoms with Gasteiger partial charge in [0.15, 0.2) is 6.61 Å². The minimum Gasteiger partial charge on any atom is -0.494 e. The lowest BCUT2D eigenvalue weighted by molar-refractivity contribution is -0.384. The fourth-order valence-electron chi connectivity index (χ4n) is 3.13. The van der Waals surface area contributed by atoms with Gasteiger partial charge in [0.05, 0.1) is 40.4 Å². The summed E-state index contributed by atoms with van der Waals surface area (Å²) in [4.78, 5) is 48.6. The third-order valence-corrected chi connectivity index (χ3v) is 5.22. The first kappa shape index (κ1) is 23.3. The van der Waals surface area contributed by atoms with Crippen molar-refractivity contribution in [3.8, 4) is 5.75 Å². The van der Waals surface area contributed by atoms with Gasteiger partial charge >= 0.3 is 5.97 Å². The maximum atomic E-state index is 12.4. The summed E-state index contributed by atoms with van der Waals surface area (Å²) < 4.78 is 10.2. The van der Waals surface area contributed by atoms with Gasteiger partial charge in [0, 0.05) is 24.1 Å². The molecule has 0 bridgehead atoms. The largest absolute Gasteiger partial charge is 0.494 e. The molecule has 2 amide bonds. The van der Waals surface area contributed by atoms with Crippen molar-refractivity contribution < 1.29 is 28.8 Å². The van der Waals surface area contributed by atoms with Crippen LogP contribution < -0.4 is 15.0 Å². The quantitative estimate of drug-likeness (QED) is 0.364. The number of halogens is 2. The summed E-state index contributed by atoms with van der Waals surface area (Å²) in [5.74, 6) is -2.40. The minimum atomic E-state index is -0.811. The second-order valence-electron chi connectivity index (χ2n) is 6.80. The predicted octanol–water partition coefficient (Wildman–Crippen LogP) is 3.45. The van der Waals surface area contributed by atoms with Crippen LogP contribution in [-0.4, -0.2) is 43.0 Å². The first-order valence-electron chi connectivity index (χ1n) is 9.24. The van der Waals surface area contributed by atoms with Gasteiger partial charge < -0.3 is 19.7 Å². The van der Waals surface area contributed by atoms with Crippen molar-refractivity contribution in [2.24, 2.45) is 5.92 Å². The van der Waals surface area contributed by atoms with Crippen LogP contribution in [0.3, 0.4) is 0 Å². The summed E-state index contributed by atoms with van der Waals surface area (Å²) in [6.07, 6.45) is -0.135. The zero-order valence-corrected chi connectivity index (χ0v) is 18.2. The molecule has 1 saturated heterocycles. The lowest BCUT2D eigenvalue weighted by Gasteiger charge is -2.19. The number of hydrogen-bond donors (Lipinski definition) is 1. The van der Waals surface area contributed by atoms with E-state index >= 15 is 0 Å². The van der Waals surface area contributed by atoms with Crippen molar-refractivity contribution >= 4 is 58.0 Å². The highest BCUT2D eigenvalue weighted by molar-refractivity contribution is 6.36. The molecule has 0 unspecified atom stereocenters. The number of carbonyl (C=O) groups is 3. The normalized spacial score (nSPS) is 15.4. The van der Waals surface area contributed by atoms with Gasteiger partial charge in [-0.3, -0.25) is 24.5 Å². The molecule has 1 fully saturated rings. The van der Waals surface area contributed by atoms with E-state index in [2.05, 4.69) is 5.32 Å². The topological polar surface area (TPSA) is 128 Å². The number of methoxy groups -OCH3 is 1. The monoisotopic (exact) mass is 481 g/mol. The van der Waals surface area contributed by atoms with Crippen LogP contribution in [-0.2, 0) is 19.1 Å². The maximum absolute atomic E-state index is 12.4. The number of non-ortho nitro benzene ring substituents is 1. The van der Waals surface area contributed by atoms with Crippen molar-refractivity contribution in [1.82, 2.24) is 0 Å². The van der Waals surface area contributed by atoms with Crippen LogP contribution in [0.4, 0.5) is 17.1 Å². The van der Waals surface area contributed by atoms with Crippen molar-refractivity contribution in [2.75, 3.05) is 30.5 Å². The Morgan fingerprint density at radius 3 is 2.66 bits per heavy atom. The molecule has 2 aromatic carbocycles. The van der Waals surface area contributed by atoms with E-state index in [1.54, 1.807) is 6.07 Å². The van der Waals surface area contributed by atoms with Gasteiger partial charge in [-0.1, -0.05) is 23.2 Å². The van der Waals surface area contributed by atoms with E-state index in [4.69, 9.17) is 32.7 Å². The summed E-state index contributed by atoms with van der Waals surface area (Å²) in [5, 5.41) is 14.1. The number of esters is 1. The standard InChI is InChI=1S/C20H17Cl2N3O7/c1-31-17-8-13(25(29)30)3-5-16(17)24-9-11(6-19(24)27)20(28)32-10-18(26)23-15-4-2-12(21)7-14(15)22/h2-5,7-8,11H,6,9-10H2,1H3,(H,23,26)/t11-/m0/s1. The zero-order chi connectivity index (χ0) is 23.4.